The molecule has 0 aliphatic carbocycles. The van der Waals surface area contributed by atoms with Crippen LogP contribution in [0.5, 0.6) is 0 Å². The minimum Gasteiger partial charge on any atom is -0.460 e. The zero-order valence-corrected chi connectivity index (χ0v) is 17.9. The van der Waals surface area contributed by atoms with Crippen molar-refractivity contribution in [2.45, 2.75) is 44.9 Å². The van der Waals surface area contributed by atoms with Crippen LogP contribution in [0, 0.1) is 0 Å². The number of aromatic nitrogens is 2. The van der Waals surface area contributed by atoms with Crippen LogP contribution in [0.1, 0.15) is 47.7 Å². The number of nitrogens with one attached hydrogen (secondary N) is 1. The van der Waals surface area contributed by atoms with E-state index < -0.39 is 11.7 Å². The fourth-order valence-electron chi connectivity index (χ4n) is 4.33. The third-order valence-corrected chi connectivity index (χ3v) is 6.06. The number of rotatable bonds is 4. The van der Waals surface area contributed by atoms with Gasteiger partial charge in [-0.2, -0.15) is 13.2 Å². The summed E-state index contributed by atoms with van der Waals surface area (Å²) >= 11 is 0. The summed E-state index contributed by atoms with van der Waals surface area (Å²) in [5, 5.41) is 0. The quantitative estimate of drug-likeness (QED) is 0.624. The largest absolute Gasteiger partial charge is 0.460 e. The summed E-state index contributed by atoms with van der Waals surface area (Å²) in [5.74, 6) is 1.60. The van der Waals surface area contributed by atoms with Crippen molar-refractivity contribution in [1.29, 1.82) is 0 Å². The van der Waals surface area contributed by atoms with E-state index in [2.05, 4.69) is 19.9 Å². The van der Waals surface area contributed by atoms with Gasteiger partial charge < -0.3 is 9.40 Å². The van der Waals surface area contributed by atoms with Crippen molar-refractivity contribution in [1.82, 2.24) is 14.9 Å². The second-order valence-corrected chi connectivity index (χ2v) is 8.43. The second-order valence-electron chi connectivity index (χ2n) is 8.43. The molecule has 172 valence electrons. The van der Waals surface area contributed by atoms with Crippen molar-refractivity contribution in [2.75, 3.05) is 13.1 Å². The van der Waals surface area contributed by atoms with Gasteiger partial charge in [0.15, 0.2) is 5.82 Å². The molecule has 1 aromatic carbocycles. The maximum atomic E-state index is 13.0. The Hall–Kier alpha value is -3.20. The molecule has 0 saturated carbocycles. The molecule has 2 aromatic heterocycles. The first kappa shape index (κ1) is 21.6. The van der Waals surface area contributed by atoms with E-state index in [9.17, 15) is 18.0 Å². The first-order valence-electron chi connectivity index (χ1n) is 11.0. The van der Waals surface area contributed by atoms with Gasteiger partial charge in [0.2, 0.25) is 0 Å². The summed E-state index contributed by atoms with van der Waals surface area (Å²) in [6, 6.07) is 8.52. The van der Waals surface area contributed by atoms with Crippen LogP contribution in [0.4, 0.5) is 13.2 Å². The molecule has 4 heterocycles. The van der Waals surface area contributed by atoms with Gasteiger partial charge in [0.1, 0.15) is 11.5 Å². The molecular formula is C24H23F3N4O2. The lowest BCUT2D eigenvalue weighted by atomic mass is 10.1. The molecule has 2 aliphatic rings. The number of hydrogen-bond donors (Lipinski definition) is 1. The Morgan fingerprint density at radius 1 is 1.12 bits per heavy atom. The first-order chi connectivity index (χ1) is 15.9. The lowest BCUT2D eigenvalue weighted by Gasteiger charge is -2.27. The maximum Gasteiger partial charge on any atom is 0.416 e. The Morgan fingerprint density at radius 3 is 2.79 bits per heavy atom. The summed E-state index contributed by atoms with van der Waals surface area (Å²) < 4.78 is 44.8. The number of hydrogen-bond acceptors (Lipinski definition) is 5. The van der Waals surface area contributed by atoms with Gasteiger partial charge in [-0.3, -0.25) is 14.7 Å². The van der Waals surface area contributed by atoms with Gasteiger partial charge in [-0.1, -0.05) is 12.1 Å². The van der Waals surface area contributed by atoms with Crippen molar-refractivity contribution in [3.63, 3.8) is 0 Å². The highest BCUT2D eigenvalue weighted by Gasteiger charge is 2.30. The molecule has 0 radical (unpaired) electrons. The highest BCUT2D eigenvalue weighted by atomic mass is 19.4. The molecule has 6 nitrogen and oxygen atoms in total. The standard InChI is InChI=1S/C24H23F3N4O2/c25-24(26,27)16-5-3-4-15(12-16)21-8-7-17(33-21)13-31-11-9-19-18(14-31)23(32)30-22(29-19)20-6-1-2-10-28-20/h3-5,7-8,12H,1-2,6,9-11,13-14H2,(H,29,30,32). The topological polar surface area (TPSA) is 74.5 Å². The van der Waals surface area contributed by atoms with Crippen LogP contribution in [0.3, 0.4) is 0 Å². The molecule has 0 unspecified atom stereocenters. The molecule has 1 N–H and O–H groups in total. The fraction of sp³-hybridized carbons (Fsp3) is 0.375. The average Bonchev–Trinajstić information content (AvgIpc) is 3.28. The van der Waals surface area contributed by atoms with E-state index in [0.717, 1.165) is 49.3 Å². The number of halogens is 3. The summed E-state index contributed by atoms with van der Waals surface area (Å²) in [5.41, 5.74) is 1.85. The Bertz CT molecular complexity index is 1260. The predicted molar refractivity (Wildman–Crippen MR) is 117 cm³/mol. The number of furan rings is 1. The van der Waals surface area contributed by atoms with Gasteiger partial charge in [0.25, 0.3) is 5.56 Å². The van der Waals surface area contributed by atoms with E-state index in [1.165, 1.54) is 6.07 Å². The number of aliphatic imine (C=N–C) groups is 1. The molecule has 0 spiro atoms. The number of benzene rings is 1. The Labute approximate surface area is 188 Å². The van der Waals surface area contributed by atoms with Crippen molar-refractivity contribution in [2.24, 2.45) is 4.99 Å². The number of nitrogens with zero attached hydrogens (tertiary/aromatic N) is 3. The SMILES string of the molecule is O=c1[nH]c(C2=NCCCC2)nc2c1CN(Cc1ccc(-c3cccc(C(F)(F)F)c3)o1)CC2. The van der Waals surface area contributed by atoms with Crippen molar-refractivity contribution in [3.05, 3.63) is 75.2 Å². The van der Waals surface area contributed by atoms with Gasteiger partial charge in [0.05, 0.1) is 29.1 Å². The van der Waals surface area contributed by atoms with Crippen LogP contribution in [-0.2, 0) is 25.7 Å². The van der Waals surface area contributed by atoms with E-state index >= 15 is 0 Å². The smallest absolute Gasteiger partial charge is 0.416 e. The van der Waals surface area contributed by atoms with Crippen LogP contribution in [0.25, 0.3) is 11.3 Å². The molecule has 0 fully saturated rings. The molecule has 5 rings (SSSR count). The number of H-pyrrole nitrogens is 1. The molecule has 0 saturated heterocycles. The monoisotopic (exact) mass is 456 g/mol. The zero-order valence-electron chi connectivity index (χ0n) is 17.9. The van der Waals surface area contributed by atoms with Crippen LogP contribution in [0.2, 0.25) is 0 Å². The van der Waals surface area contributed by atoms with E-state index in [-0.39, 0.29) is 5.56 Å². The fourth-order valence-corrected chi connectivity index (χ4v) is 4.33. The normalized spacial score (nSPS) is 17.0. The first-order valence-corrected chi connectivity index (χ1v) is 11.0. The van der Waals surface area contributed by atoms with Gasteiger partial charge in [-0.05, 0) is 43.5 Å². The number of aromatic amines is 1. The molecular weight excluding hydrogens is 433 g/mol. The Morgan fingerprint density at radius 2 is 2.00 bits per heavy atom. The molecule has 0 amide bonds. The molecule has 9 heteroatoms. The third kappa shape index (κ3) is 4.64. The van der Waals surface area contributed by atoms with E-state index in [1.54, 1.807) is 18.2 Å². The van der Waals surface area contributed by atoms with Gasteiger partial charge >= 0.3 is 6.18 Å². The summed E-state index contributed by atoms with van der Waals surface area (Å²) in [6.45, 7) is 2.36. The summed E-state index contributed by atoms with van der Waals surface area (Å²) in [7, 11) is 0. The van der Waals surface area contributed by atoms with Gasteiger partial charge in [-0.25, -0.2) is 4.98 Å². The lowest BCUT2D eigenvalue weighted by molar-refractivity contribution is -0.137. The highest BCUT2D eigenvalue weighted by molar-refractivity contribution is 5.97. The van der Waals surface area contributed by atoms with Gasteiger partial charge in [-0.15, -0.1) is 0 Å². The van der Waals surface area contributed by atoms with Crippen LogP contribution < -0.4 is 5.56 Å². The second kappa shape index (κ2) is 8.62. The zero-order chi connectivity index (χ0) is 23.0. The molecule has 0 atom stereocenters. The van der Waals surface area contributed by atoms with E-state index in [1.807, 2.05) is 0 Å². The van der Waals surface area contributed by atoms with E-state index in [4.69, 9.17) is 4.42 Å². The van der Waals surface area contributed by atoms with Crippen molar-refractivity contribution in [3.8, 4) is 11.3 Å². The Kier molecular flexibility index (Phi) is 5.65. The van der Waals surface area contributed by atoms with Gasteiger partial charge in [0, 0.05) is 31.6 Å². The maximum absolute atomic E-state index is 13.0. The van der Waals surface area contributed by atoms with Crippen molar-refractivity contribution >= 4 is 5.71 Å². The molecule has 0 bridgehead atoms. The summed E-state index contributed by atoms with van der Waals surface area (Å²) in [4.78, 5) is 26.9. The predicted octanol–water partition coefficient (Wildman–Crippen LogP) is 4.58. The summed E-state index contributed by atoms with van der Waals surface area (Å²) in [6.07, 6.45) is -0.812. The Balaban J connectivity index is 1.31. The molecule has 33 heavy (non-hydrogen) atoms. The number of fused-ring (bicyclic) bond motifs is 1. The van der Waals surface area contributed by atoms with E-state index in [0.29, 0.717) is 54.5 Å². The molecule has 3 aromatic rings. The number of alkyl halides is 3. The average molecular weight is 456 g/mol. The minimum absolute atomic E-state index is 0.142. The molecule has 2 aliphatic heterocycles. The van der Waals surface area contributed by atoms with Crippen molar-refractivity contribution < 1.29 is 17.6 Å². The highest BCUT2D eigenvalue weighted by Crippen LogP contribution is 2.33. The third-order valence-electron chi connectivity index (χ3n) is 6.06. The minimum atomic E-state index is -4.41. The lowest BCUT2D eigenvalue weighted by Crippen LogP contribution is -2.36. The van der Waals surface area contributed by atoms with Crippen LogP contribution in [0.15, 0.2) is 50.6 Å². The van der Waals surface area contributed by atoms with Crippen LogP contribution in [-0.4, -0.2) is 33.7 Å². The van der Waals surface area contributed by atoms with Crippen LogP contribution >= 0.6 is 0 Å².